The standard InChI is InChI=1S/C19H22N2O2/c1-14-4-2-5-16(12-14)18(15-7-9-20-10-8-15)21-11-3-6-17(13-21)19(22)23/h2,4-5,7-10,12,17-18H,3,6,11,13H2,1H3,(H,22,23). The maximum atomic E-state index is 11.4. The fourth-order valence-corrected chi connectivity index (χ4v) is 3.44. The molecule has 1 aliphatic rings. The Morgan fingerprint density at radius 2 is 2.04 bits per heavy atom. The van der Waals surface area contributed by atoms with Crippen LogP contribution in [-0.2, 0) is 4.79 Å². The summed E-state index contributed by atoms with van der Waals surface area (Å²) < 4.78 is 0. The first-order valence-electron chi connectivity index (χ1n) is 8.08. The van der Waals surface area contributed by atoms with E-state index in [1.165, 1.54) is 11.1 Å². The average molecular weight is 310 g/mol. The van der Waals surface area contributed by atoms with E-state index in [1.807, 2.05) is 12.1 Å². The van der Waals surface area contributed by atoms with Crippen molar-refractivity contribution in [1.82, 2.24) is 9.88 Å². The number of carboxylic acids is 1. The molecule has 2 unspecified atom stereocenters. The fourth-order valence-electron chi connectivity index (χ4n) is 3.44. The molecule has 2 atom stereocenters. The topological polar surface area (TPSA) is 53.4 Å². The van der Waals surface area contributed by atoms with Gasteiger partial charge in [-0.1, -0.05) is 29.8 Å². The zero-order chi connectivity index (χ0) is 16.2. The highest BCUT2D eigenvalue weighted by atomic mass is 16.4. The predicted octanol–water partition coefficient (Wildman–Crippen LogP) is 3.28. The van der Waals surface area contributed by atoms with Crippen LogP contribution in [-0.4, -0.2) is 34.0 Å². The molecule has 1 saturated heterocycles. The molecule has 2 aromatic rings. The quantitative estimate of drug-likeness (QED) is 0.941. The highest BCUT2D eigenvalue weighted by Gasteiger charge is 2.31. The fraction of sp³-hybridized carbons (Fsp3) is 0.368. The Morgan fingerprint density at radius 3 is 2.74 bits per heavy atom. The summed E-state index contributed by atoms with van der Waals surface area (Å²) in [6.07, 6.45) is 5.29. The Labute approximate surface area is 136 Å². The zero-order valence-electron chi connectivity index (χ0n) is 13.4. The van der Waals surface area contributed by atoms with Gasteiger partial charge in [0.25, 0.3) is 0 Å². The van der Waals surface area contributed by atoms with Crippen molar-refractivity contribution in [2.75, 3.05) is 13.1 Å². The largest absolute Gasteiger partial charge is 0.481 e. The van der Waals surface area contributed by atoms with E-state index in [0.29, 0.717) is 6.54 Å². The van der Waals surface area contributed by atoms with Crippen LogP contribution in [0.1, 0.15) is 35.6 Å². The van der Waals surface area contributed by atoms with E-state index in [-0.39, 0.29) is 12.0 Å². The Hall–Kier alpha value is -2.20. The van der Waals surface area contributed by atoms with Crippen molar-refractivity contribution >= 4 is 5.97 Å². The Bertz CT molecular complexity index is 672. The third-order valence-electron chi connectivity index (χ3n) is 4.55. The second-order valence-electron chi connectivity index (χ2n) is 6.27. The van der Waals surface area contributed by atoms with Crippen LogP contribution in [0.25, 0.3) is 0 Å². The number of hydrogen-bond acceptors (Lipinski definition) is 3. The summed E-state index contributed by atoms with van der Waals surface area (Å²) in [5, 5.41) is 9.39. The van der Waals surface area contributed by atoms with E-state index in [2.05, 4.69) is 41.1 Å². The number of likely N-dealkylation sites (tertiary alicyclic amines) is 1. The van der Waals surface area contributed by atoms with Gasteiger partial charge in [0.05, 0.1) is 12.0 Å². The monoisotopic (exact) mass is 310 g/mol. The molecule has 0 saturated carbocycles. The summed E-state index contributed by atoms with van der Waals surface area (Å²) in [6, 6.07) is 12.6. The lowest BCUT2D eigenvalue weighted by Crippen LogP contribution is -2.41. The van der Waals surface area contributed by atoms with Gasteiger partial charge < -0.3 is 5.11 Å². The zero-order valence-corrected chi connectivity index (χ0v) is 13.4. The van der Waals surface area contributed by atoms with Gasteiger partial charge in [-0.15, -0.1) is 0 Å². The number of aryl methyl sites for hydroxylation is 1. The number of rotatable bonds is 4. The molecule has 4 heteroatoms. The molecule has 23 heavy (non-hydrogen) atoms. The van der Waals surface area contributed by atoms with Crippen molar-refractivity contribution in [2.45, 2.75) is 25.8 Å². The first kappa shape index (κ1) is 15.7. The van der Waals surface area contributed by atoms with Gasteiger partial charge in [-0.05, 0) is 49.6 Å². The second kappa shape index (κ2) is 6.92. The number of carboxylic acid groups (broad SMARTS) is 1. The maximum absolute atomic E-state index is 11.4. The van der Waals surface area contributed by atoms with Crippen molar-refractivity contribution < 1.29 is 9.90 Å². The first-order chi connectivity index (χ1) is 11.1. The van der Waals surface area contributed by atoms with Crippen LogP contribution in [0, 0.1) is 12.8 Å². The lowest BCUT2D eigenvalue weighted by atomic mass is 9.91. The lowest BCUT2D eigenvalue weighted by Gasteiger charge is -2.37. The smallest absolute Gasteiger partial charge is 0.307 e. The molecule has 0 amide bonds. The molecule has 1 fully saturated rings. The summed E-state index contributed by atoms with van der Waals surface area (Å²) in [5.74, 6) is -0.967. The molecule has 120 valence electrons. The molecule has 0 spiro atoms. The van der Waals surface area contributed by atoms with E-state index >= 15 is 0 Å². The molecule has 3 rings (SSSR count). The van der Waals surface area contributed by atoms with Crippen LogP contribution >= 0.6 is 0 Å². The average Bonchev–Trinajstić information content (AvgIpc) is 2.56. The van der Waals surface area contributed by atoms with Crippen LogP contribution in [0.2, 0.25) is 0 Å². The van der Waals surface area contributed by atoms with E-state index in [9.17, 15) is 9.90 Å². The van der Waals surface area contributed by atoms with E-state index < -0.39 is 5.97 Å². The number of nitrogens with zero attached hydrogens (tertiary/aromatic N) is 2. The molecule has 1 aromatic heterocycles. The van der Waals surface area contributed by atoms with E-state index in [1.54, 1.807) is 12.4 Å². The number of aliphatic carboxylic acids is 1. The lowest BCUT2D eigenvalue weighted by molar-refractivity contribution is -0.143. The normalized spacial score (nSPS) is 20.1. The molecular formula is C19H22N2O2. The molecule has 4 nitrogen and oxygen atoms in total. The number of aromatic nitrogens is 1. The highest BCUT2D eigenvalue weighted by Crippen LogP contribution is 2.32. The van der Waals surface area contributed by atoms with Crippen molar-refractivity contribution in [3.63, 3.8) is 0 Å². The van der Waals surface area contributed by atoms with Crippen LogP contribution in [0.15, 0.2) is 48.8 Å². The number of hydrogen-bond donors (Lipinski definition) is 1. The van der Waals surface area contributed by atoms with Gasteiger partial charge in [0, 0.05) is 18.9 Å². The van der Waals surface area contributed by atoms with Gasteiger partial charge in [0.1, 0.15) is 0 Å². The summed E-state index contributed by atoms with van der Waals surface area (Å²) in [7, 11) is 0. The van der Waals surface area contributed by atoms with Gasteiger partial charge in [-0.25, -0.2) is 0 Å². The van der Waals surface area contributed by atoms with Crippen LogP contribution in [0.5, 0.6) is 0 Å². The minimum absolute atomic E-state index is 0.0834. The molecule has 0 radical (unpaired) electrons. The molecule has 1 aromatic carbocycles. The van der Waals surface area contributed by atoms with E-state index in [4.69, 9.17) is 0 Å². The van der Waals surface area contributed by atoms with Crippen molar-refractivity contribution in [2.24, 2.45) is 5.92 Å². The van der Waals surface area contributed by atoms with Gasteiger partial charge in [0.2, 0.25) is 0 Å². The minimum Gasteiger partial charge on any atom is -0.481 e. The van der Waals surface area contributed by atoms with Crippen molar-refractivity contribution in [3.05, 3.63) is 65.5 Å². The van der Waals surface area contributed by atoms with Gasteiger partial charge in [-0.3, -0.25) is 14.7 Å². The summed E-state index contributed by atoms with van der Waals surface area (Å²) >= 11 is 0. The molecule has 0 aliphatic carbocycles. The van der Waals surface area contributed by atoms with Crippen molar-refractivity contribution in [3.8, 4) is 0 Å². The van der Waals surface area contributed by atoms with Crippen LogP contribution < -0.4 is 0 Å². The second-order valence-corrected chi connectivity index (χ2v) is 6.27. The Balaban J connectivity index is 1.97. The molecule has 0 bridgehead atoms. The molecular weight excluding hydrogens is 288 g/mol. The highest BCUT2D eigenvalue weighted by molar-refractivity contribution is 5.70. The maximum Gasteiger partial charge on any atom is 0.307 e. The summed E-state index contributed by atoms with van der Waals surface area (Å²) in [5.41, 5.74) is 3.59. The third-order valence-corrected chi connectivity index (χ3v) is 4.55. The number of carbonyl (C=O) groups is 1. The summed E-state index contributed by atoms with van der Waals surface area (Å²) in [4.78, 5) is 17.8. The predicted molar refractivity (Wildman–Crippen MR) is 89.2 cm³/mol. The van der Waals surface area contributed by atoms with Gasteiger partial charge in [0.15, 0.2) is 0 Å². The first-order valence-corrected chi connectivity index (χ1v) is 8.08. The third kappa shape index (κ3) is 3.59. The summed E-state index contributed by atoms with van der Waals surface area (Å²) in [6.45, 7) is 3.60. The minimum atomic E-state index is -0.688. The molecule has 1 N–H and O–H groups in total. The van der Waals surface area contributed by atoms with Crippen LogP contribution in [0.4, 0.5) is 0 Å². The Morgan fingerprint density at radius 1 is 1.26 bits per heavy atom. The molecule has 2 heterocycles. The van der Waals surface area contributed by atoms with Crippen molar-refractivity contribution in [1.29, 1.82) is 0 Å². The van der Waals surface area contributed by atoms with Crippen LogP contribution in [0.3, 0.4) is 0 Å². The SMILES string of the molecule is Cc1cccc(C(c2ccncc2)N2CCCC(C(=O)O)C2)c1. The Kier molecular flexibility index (Phi) is 4.72. The number of benzene rings is 1. The number of piperidine rings is 1. The van der Waals surface area contributed by atoms with Gasteiger partial charge >= 0.3 is 5.97 Å². The molecule has 1 aliphatic heterocycles. The number of pyridine rings is 1. The van der Waals surface area contributed by atoms with E-state index in [0.717, 1.165) is 24.9 Å². The van der Waals surface area contributed by atoms with Gasteiger partial charge in [-0.2, -0.15) is 0 Å².